The first-order chi connectivity index (χ1) is 12.9. The summed E-state index contributed by atoms with van der Waals surface area (Å²) >= 11 is 1.58. The van der Waals surface area contributed by atoms with E-state index in [-0.39, 0.29) is 10.8 Å². The molecule has 3 rings (SSSR count). The monoisotopic (exact) mass is 409 g/mol. The highest BCUT2D eigenvalue weighted by Gasteiger charge is 2.24. The molecule has 0 spiro atoms. The maximum atomic E-state index is 13.3. The molecule has 2 aromatic rings. The Morgan fingerprint density at radius 1 is 1.30 bits per heavy atom. The van der Waals surface area contributed by atoms with Crippen molar-refractivity contribution in [3.05, 3.63) is 46.2 Å². The Kier molecular flexibility index (Phi) is 6.15. The Hall–Kier alpha value is -1.94. The summed E-state index contributed by atoms with van der Waals surface area (Å²) < 4.78 is 29.0. The molecule has 7 nitrogen and oxygen atoms in total. The van der Waals surface area contributed by atoms with E-state index in [0.717, 1.165) is 4.88 Å². The summed E-state index contributed by atoms with van der Waals surface area (Å²) in [5, 5.41) is 7.25. The molecule has 1 saturated heterocycles. The second-order valence-corrected chi connectivity index (χ2v) is 8.82. The van der Waals surface area contributed by atoms with E-state index in [9.17, 15) is 13.2 Å². The van der Waals surface area contributed by atoms with Crippen LogP contribution in [0.2, 0.25) is 0 Å². The molecule has 1 aliphatic rings. The van der Waals surface area contributed by atoms with Gasteiger partial charge in [0.05, 0.1) is 30.2 Å². The van der Waals surface area contributed by atoms with Crippen molar-refractivity contribution in [2.24, 2.45) is 5.14 Å². The number of primary sulfonamides is 1. The second-order valence-electron chi connectivity index (χ2n) is 6.22. The number of hydrogen-bond acceptors (Lipinski definition) is 6. The second kappa shape index (κ2) is 8.39. The van der Waals surface area contributed by atoms with Gasteiger partial charge in [-0.15, -0.1) is 11.3 Å². The van der Waals surface area contributed by atoms with Gasteiger partial charge in [0, 0.05) is 30.2 Å². The van der Waals surface area contributed by atoms with Gasteiger partial charge in [-0.3, -0.25) is 4.79 Å². The van der Waals surface area contributed by atoms with Crippen molar-refractivity contribution in [2.45, 2.75) is 18.4 Å². The predicted octanol–water partition coefficient (Wildman–Crippen LogP) is 1.89. The van der Waals surface area contributed by atoms with Crippen LogP contribution < -0.4 is 10.0 Å². The zero-order valence-electron chi connectivity index (χ0n) is 15.1. The fourth-order valence-corrected chi connectivity index (χ4v) is 4.29. The quantitative estimate of drug-likeness (QED) is 0.787. The zero-order chi connectivity index (χ0) is 19.4. The Morgan fingerprint density at radius 2 is 2.04 bits per heavy atom. The molecular weight excluding hydrogens is 386 g/mol. The van der Waals surface area contributed by atoms with E-state index >= 15 is 0 Å². The van der Waals surface area contributed by atoms with Crippen molar-refractivity contribution in [2.75, 3.05) is 37.7 Å². The minimum absolute atomic E-state index is 0.0602. The van der Waals surface area contributed by atoms with E-state index in [1.165, 1.54) is 12.1 Å². The highest BCUT2D eigenvalue weighted by Crippen LogP contribution is 2.27. The zero-order valence-corrected chi connectivity index (χ0v) is 16.8. The van der Waals surface area contributed by atoms with Crippen LogP contribution >= 0.6 is 11.3 Å². The molecule has 0 atom stereocenters. The van der Waals surface area contributed by atoms with Crippen molar-refractivity contribution in [1.29, 1.82) is 0 Å². The Morgan fingerprint density at radius 3 is 2.63 bits per heavy atom. The van der Waals surface area contributed by atoms with Crippen LogP contribution in [-0.2, 0) is 21.3 Å². The number of nitrogens with two attached hydrogens (primary N) is 1. The van der Waals surface area contributed by atoms with E-state index in [4.69, 9.17) is 9.88 Å². The first-order valence-corrected chi connectivity index (χ1v) is 11.1. The summed E-state index contributed by atoms with van der Waals surface area (Å²) in [5.41, 5.74) is 1.06. The molecule has 1 fully saturated rings. The van der Waals surface area contributed by atoms with Gasteiger partial charge in [0.2, 0.25) is 10.0 Å². The Bertz CT molecular complexity index is 891. The van der Waals surface area contributed by atoms with Gasteiger partial charge in [-0.2, -0.15) is 0 Å². The Balaban J connectivity index is 1.99. The van der Waals surface area contributed by atoms with Crippen LogP contribution in [-0.4, -0.2) is 52.1 Å². The van der Waals surface area contributed by atoms with E-state index in [1.807, 2.05) is 29.3 Å². The van der Waals surface area contributed by atoms with E-state index < -0.39 is 10.0 Å². The van der Waals surface area contributed by atoms with Gasteiger partial charge in [-0.05, 0) is 36.6 Å². The summed E-state index contributed by atoms with van der Waals surface area (Å²) in [4.78, 5) is 18.0. The van der Waals surface area contributed by atoms with Gasteiger partial charge in [-0.25, -0.2) is 13.6 Å². The van der Waals surface area contributed by atoms with Crippen LogP contribution in [0.4, 0.5) is 5.69 Å². The average molecular weight is 410 g/mol. The summed E-state index contributed by atoms with van der Waals surface area (Å²) in [6.07, 6.45) is 0. The minimum Gasteiger partial charge on any atom is -0.378 e. The van der Waals surface area contributed by atoms with Gasteiger partial charge in [0.1, 0.15) is 0 Å². The summed E-state index contributed by atoms with van der Waals surface area (Å²) in [5.74, 6) is -0.210. The molecule has 27 heavy (non-hydrogen) atoms. The number of amides is 1. The fraction of sp³-hybridized carbons (Fsp3) is 0.389. The average Bonchev–Trinajstić information content (AvgIpc) is 3.18. The molecule has 0 saturated carbocycles. The molecule has 0 radical (unpaired) electrons. The number of nitrogens with zero attached hydrogens (tertiary/aromatic N) is 2. The lowest BCUT2D eigenvalue weighted by molar-refractivity contribution is 0.0753. The van der Waals surface area contributed by atoms with Crippen LogP contribution in [0.25, 0.3) is 0 Å². The number of rotatable bonds is 6. The normalized spacial score (nSPS) is 15.0. The van der Waals surface area contributed by atoms with Gasteiger partial charge >= 0.3 is 0 Å². The first-order valence-electron chi connectivity index (χ1n) is 8.71. The molecule has 0 unspecified atom stereocenters. The first kappa shape index (κ1) is 19.8. The predicted molar refractivity (Wildman–Crippen MR) is 106 cm³/mol. The van der Waals surface area contributed by atoms with Crippen LogP contribution in [0.1, 0.15) is 22.2 Å². The standard InChI is InChI=1S/C18H23N3O4S2/c1-2-20(13-14-4-3-11-26-14)18(22)16-12-15(27(19,23)24)5-6-17(16)21-7-9-25-10-8-21/h3-6,11-12H,2,7-10,13H2,1H3,(H2,19,23,24). The number of thiophene rings is 1. The topological polar surface area (TPSA) is 92.9 Å². The highest BCUT2D eigenvalue weighted by atomic mass is 32.2. The van der Waals surface area contributed by atoms with Gasteiger partial charge in [0.15, 0.2) is 0 Å². The smallest absolute Gasteiger partial charge is 0.256 e. The molecule has 9 heteroatoms. The van der Waals surface area contributed by atoms with E-state index in [2.05, 4.69) is 0 Å². The van der Waals surface area contributed by atoms with Gasteiger partial charge < -0.3 is 14.5 Å². The molecule has 0 aliphatic carbocycles. The number of anilines is 1. The van der Waals surface area contributed by atoms with Crippen LogP contribution in [0, 0.1) is 0 Å². The number of morpholine rings is 1. The lowest BCUT2D eigenvalue weighted by Crippen LogP contribution is -2.38. The molecule has 0 bridgehead atoms. The van der Waals surface area contributed by atoms with Crippen molar-refractivity contribution < 1.29 is 17.9 Å². The highest BCUT2D eigenvalue weighted by molar-refractivity contribution is 7.89. The van der Waals surface area contributed by atoms with Crippen molar-refractivity contribution in [3.8, 4) is 0 Å². The fourth-order valence-electron chi connectivity index (χ4n) is 3.03. The number of sulfonamides is 1. The lowest BCUT2D eigenvalue weighted by Gasteiger charge is -2.31. The molecule has 1 aliphatic heterocycles. The van der Waals surface area contributed by atoms with Crippen molar-refractivity contribution in [3.63, 3.8) is 0 Å². The van der Waals surface area contributed by atoms with Crippen LogP contribution in [0.5, 0.6) is 0 Å². The summed E-state index contributed by atoms with van der Waals surface area (Å²) in [7, 11) is -3.90. The van der Waals surface area contributed by atoms with E-state index in [1.54, 1.807) is 22.3 Å². The summed E-state index contributed by atoms with van der Waals surface area (Å²) in [6.45, 7) is 5.32. The van der Waals surface area contributed by atoms with Gasteiger partial charge in [-0.1, -0.05) is 6.07 Å². The molecule has 1 aromatic heterocycles. The number of ether oxygens (including phenoxy) is 1. The van der Waals surface area contributed by atoms with Crippen molar-refractivity contribution >= 4 is 33.0 Å². The van der Waals surface area contributed by atoms with Crippen molar-refractivity contribution in [1.82, 2.24) is 4.90 Å². The third kappa shape index (κ3) is 4.67. The minimum atomic E-state index is -3.90. The summed E-state index contributed by atoms with van der Waals surface area (Å²) in [6, 6.07) is 8.42. The molecule has 1 amide bonds. The van der Waals surface area contributed by atoms with Gasteiger partial charge in [0.25, 0.3) is 5.91 Å². The lowest BCUT2D eigenvalue weighted by atomic mass is 10.1. The van der Waals surface area contributed by atoms with E-state index in [0.29, 0.717) is 50.6 Å². The SMILES string of the molecule is CCN(Cc1cccs1)C(=O)c1cc(S(N)(=O)=O)ccc1N1CCOCC1. The van der Waals surface area contributed by atoms with Crippen LogP contribution in [0.3, 0.4) is 0 Å². The molecular formula is C18H23N3O4S2. The number of hydrogen-bond donors (Lipinski definition) is 1. The number of carbonyl (C=O) groups excluding carboxylic acids is 1. The molecule has 2 N–H and O–H groups in total. The number of benzene rings is 1. The molecule has 2 heterocycles. The molecule has 1 aromatic carbocycles. The largest absolute Gasteiger partial charge is 0.378 e. The molecule has 146 valence electrons. The third-order valence-electron chi connectivity index (χ3n) is 4.47. The van der Waals surface area contributed by atoms with Crippen LogP contribution in [0.15, 0.2) is 40.6 Å². The Labute approximate surface area is 163 Å². The maximum Gasteiger partial charge on any atom is 0.256 e. The number of carbonyl (C=O) groups is 1. The third-order valence-corrected chi connectivity index (χ3v) is 6.25. The maximum absolute atomic E-state index is 13.3.